The molecule has 1 aromatic carbocycles. The molecule has 2 heterocycles. The molecular weight excluding hydrogens is 272 g/mol. The maximum atomic E-state index is 11.3. The number of imidazole rings is 1. The van der Waals surface area contributed by atoms with Crippen LogP contribution in [0.1, 0.15) is 19.0 Å². The Kier molecular flexibility index (Phi) is 3.28. The van der Waals surface area contributed by atoms with Crippen molar-refractivity contribution in [3.8, 4) is 5.75 Å². The SMILES string of the molecule is CCC(=O)C=Cc1cn2c(n1)sc1cc(OC)ccc12. The normalized spacial score (nSPS) is 11.7. The summed E-state index contributed by atoms with van der Waals surface area (Å²) in [6.45, 7) is 1.85. The summed E-state index contributed by atoms with van der Waals surface area (Å²) in [5, 5.41) is 0. The third-order valence-electron chi connectivity index (χ3n) is 3.11. The first-order valence-corrected chi connectivity index (χ1v) is 7.19. The second-order valence-corrected chi connectivity index (χ2v) is 5.42. The Labute approximate surface area is 120 Å². The first-order valence-electron chi connectivity index (χ1n) is 6.38. The Hall–Kier alpha value is -2.14. The van der Waals surface area contributed by atoms with E-state index in [1.165, 1.54) is 0 Å². The molecule has 0 fully saturated rings. The number of ether oxygens (including phenoxy) is 1. The van der Waals surface area contributed by atoms with E-state index in [2.05, 4.69) is 4.98 Å². The van der Waals surface area contributed by atoms with Crippen LogP contribution < -0.4 is 4.74 Å². The van der Waals surface area contributed by atoms with Gasteiger partial charge in [-0.3, -0.25) is 9.20 Å². The van der Waals surface area contributed by atoms with Gasteiger partial charge in [-0.2, -0.15) is 0 Å². The van der Waals surface area contributed by atoms with Crippen LogP contribution in [0.5, 0.6) is 5.75 Å². The van der Waals surface area contributed by atoms with Crippen molar-refractivity contribution < 1.29 is 9.53 Å². The smallest absolute Gasteiger partial charge is 0.195 e. The maximum Gasteiger partial charge on any atom is 0.195 e. The predicted molar refractivity (Wildman–Crippen MR) is 81.5 cm³/mol. The summed E-state index contributed by atoms with van der Waals surface area (Å²) in [5.41, 5.74) is 1.90. The van der Waals surface area contributed by atoms with Crippen LogP contribution in [0.4, 0.5) is 0 Å². The van der Waals surface area contributed by atoms with E-state index in [9.17, 15) is 4.79 Å². The molecule has 0 aliphatic heterocycles. The van der Waals surface area contributed by atoms with Gasteiger partial charge in [0, 0.05) is 12.6 Å². The summed E-state index contributed by atoms with van der Waals surface area (Å²) in [7, 11) is 1.66. The number of hydrogen-bond acceptors (Lipinski definition) is 4. The highest BCUT2D eigenvalue weighted by Crippen LogP contribution is 2.29. The highest BCUT2D eigenvalue weighted by Gasteiger charge is 2.08. The molecule has 0 aliphatic carbocycles. The lowest BCUT2D eigenvalue weighted by Gasteiger charge is -1.98. The number of carbonyl (C=O) groups is 1. The summed E-state index contributed by atoms with van der Waals surface area (Å²) in [5.74, 6) is 0.951. The Morgan fingerprint density at radius 2 is 2.35 bits per heavy atom. The molecule has 3 rings (SSSR count). The number of hydrogen-bond donors (Lipinski definition) is 0. The van der Waals surface area contributed by atoms with E-state index in [-0.39, 0.29) is 5.78 Å². The molecule has 0 amide bonds. The fourth-order valence-electron chi connectivity index (χ4n) is 2.00. The highest BCUT2D eigenvalue weighted by molar-refractivity contribution is 7.23. The molecule has 0 atom stereocenters. The molecule has 20 heavy (non-hydrogen) atoms. The average Bonchev–Trinajstić information content (AvgIpc) is 3.00. The molecule has 0 bridgehead atoms. The fraction of sp³-hybridized carbons (Fsp3) is 0.200. The second kappa shape index (κ2) is 5.09. The van der Waals surface area contributed by atoms with E-state index in [1.807, 2.05) is 35.7 Å². The Balaban J connectivity index is 2.04. The summed E-state index contributed by atoms with van der Waals surface area (Å²) in [4.78, 5) is 16.7. The molecule has 0 unspecified atom stereocenters. The quantitative estimate of drug-likeness (QED) is 0.689. The van der Waals surface area contributed by atoms with Crippen molar-refractivity contribution in [1.82, 2.24) is 9.38 Å². The first kappa shape index (κ1) is 12.9. The van der Waals surface area contributed by atoms with Crippen molar-refractivity contribution in [3.05, 3.63) is 36.2 Å². The number of rotatable bonds is 4. The molecule has 3 aromatic rings. The van der Waals surface area contributed by atoms with Gasteiger partial charge in [-0.1, -0.05) is 18.3 Å². The third-order valence-corrected chi connectivity index (χ3v) is 4.13. The van der Waals surface area contributed by atoms with E-state index in [0.29, 0.717) is 6.42 Å². The van der Waals surface area contributed by atoms with E-state index in [4.69, 9.17) is 4.74 Å². The van der Waals surface area contributed by atoms with Gasteiger partial charge in [0.1, 0.15) is 5.75 Å². The molecule has 0 spiro atoms. The van der Waals surface area contributed by atoms with Crippen molar-refractivity contribution >= 4 is 38.4 Å². The van der Waals surface area contributed by atoms with Gasteiger partial charge in [-0.15, -0.1) is 0 Å². The van der Waals surface area contributed by atoms with E-state index < -0.39 is 0 Å². The van der Waals surface area contributed by atoms with Crippen molar-refractivity contribution in [1.29, 1.82) is 0 Å². The fourth-order valence-corrected chi connectivity index (χ4v) is 3.05. The van der Waals surface area contributed by atoms with Crippen LogP contribution in [0.3, 0.4) is 0 Å². The largest absolute Gasteiger partial charge is 0.497 e. The van der Waals surface area contributed by atoms with E-state index >= 15 is 0 Å². The van der Waals surface area contributed by atoms with Crippen molar-refractivity contribution in [2.45, 2.75) is 13.3 Å². The number of benzene rings is 1. The molecule has 0 aliphatic rings. The lowest BCUT2D eigenvalue weighted by atomic mass is 10.2. The number of carbonyl (C=O) groups excluding carboxylic acids is 1. The molecular formula is C15H14N2O2S. The molecule has 102 valence electrons. The van der Waals surface area contributed by atoms with E-state index in [0.717, 1.165) is 26.6 Å². The van der Waals surface area contributed by atoms with Crippen molar-refractivity contribution in [3.63, 3.8) is 0 Å². The molecule has 4 nitrogen and oxygen atoms in total. The van der Waals surface area contributed by atoms with Gasteiger partial charge in [0.15, 0.2) is 10.7 Å². The van der Waals surface area contributed by atoms with Crippen LogP contribution in [0.15, 0.2) is 30.5 Å². The van der Waals surface area contributed by atoms with Gasteiger partial charge in [-0.25, -0.2) is 4.98 Å². The first-order chi connectivity index (χ1) is 9.71. The number of ketones is 1. The Bertz CT molecular complexity index is 814. The molecule has 0 radical (unpaired) electrons. The number of aromatic nitrogens is 2. The summed E-state index contributed by atoms with van der Waals surface area (Å²) in [6.07, 6.45) is 5.81. The molecule has 5 heteroatoms. The van der Waals surface area contributed by atoms with Gasteiger partial charge in [0.2, 0.25) is 0 Å². The molecule has 0 N–H and O–H groups in total. The molecule has 0 saturated carbocycles. The Morgan fingerprint density at radius 1 is 1.50 bits per heavy atom. The van der Waals surface area contributed by atoms with Crippen molar-refractivity contribution in [2.75, 3.05) is 7.11 Å². The van der Waals surface area contributed by atoms with Crippen LogP contribution in [0.2, 0.25) is 0 Å². The highest BCUT2D eigenvalue weighted by atomic mass is 32.1. The van der Waals surface area contributed by atoms with Gasteiger partial charge in [0.05, 0.1) is 23.0 Å². The minimum absolute atomic E-state index is 0.107. The Morgan fingerprint density at radius 3 is 3.10 bits per heavy atom. The topological polar surface area (TPSA) is 43.6 Å². The van der Waals surface area contributed by atoms with Crippen LogP contribution in [0, 0.1) is 0 Å². The monoisotopic (exact) mass is 286 g/mol. The molecule has 2 aromatic heterocycles. The third kappa shape index (κ3) is 2.20. The van der Waals surface area contributed by atoms with Gasteiger partial charge in [0.25, 0.3) is 0 Å². The number of allylic oxidation sites excluding steroid dienone is 1. The number of methoxy groups -OCH3 is 1. The maximum absolute atomic E-state index is 11.3. The van der Waals surface area contributed by atoms with Crippen molar-refractivity contribution in [2.24, 2.45) is 0 Å². The predicted octanol–water partition coefficient (Wildman–Crippen LogP) is 3.55. The zero-order valence-corrected chi connectivity index (χ0v) is 12.1. The average molecular weight is 286 g/mol. The summed E-state index contributed by atoms with van der Waals surface area (Å²) in [6, 6.07) is 5.96. The van der Waals surface area contributed by atoms with Gasteiger partial charge in [-0.05, 0) is 30.4 Å². The lowest BCUT2D eigenvalue weighted by molar-refractivity contribution is -0.114. The zero-order valence-electron chi connectivity index (χ0n) is 11.3. The summed E-state index contributed by atoms with van der Waals surface area (Å²) >= 11 is 1.61. The number of fused-ring (bicyclic) bond motifs is 3. The van der Waals surface area contributed by atoms with Crippen LogP contribution in [-0.2, 0) is 4.79 Å². The minimum atomic E-state index is 0.107. The van der Waals surface area contributed by atoms with Crippen LogP contribution >= 0.6 is 11.3 Å². The molecule has 0 saturated heterocycles. The van der Waals surface area contributed by atoms with Gasteiger partial charge < -0.3 is 4.74 Å². The number of thiazole rings is 1. The second-order valence-electron chi connectivity index (χ2n) is 4.41. The lowest BCUT2D eigenvalue weighted by Crippen LogP contribution is -1.86. The van der Waals surface area contributed by atoms with Crippen LogP contribution in [-0.4, -0.2) is 22.3 Å². The summed E-state index contributed by atoms with van der Waals surface area (Å²) < 4.78 is 8.39. The standard InChI is InChI=1S/C15H14N2O2S/c1-3-11(18)5-4-10-9-17-13-7-6-12(19-2)8-14(13)20-15(17)16-10/h4-9H,3H2,1-2H3. The van der Waals surface area contributed by atoms with E-state index in [1.54, 1.807) is 30.6 Å². The minimum Gasteiger partial charge on any atom is -0.497 e. The van der Waals surface area contributed by atoms with Gasteiger partial charge >= 0.3 is 0 Å². The number of nitrogens with zero attached hydrogens (tertiary/aromatic N) is 2. The zero-order chi connectivity index (χ0) is 14.1. The van der Waals surface area contributed by atoms with Crippen LogP contribution in [0.25, 0.3) is 21.3 Å².